The van der Waals surface area contributed by atoms with Crippen LogP contribution in [0.15, 0.2) is 0 Å². The van der Waals surface area contributed by atoms with Crippen LogP contribution in [0.4, 0.5) is 0 Å². The van der Waals surface area contributed by atoms with Crippen molar-refractivity contribution in [2.24, 2.45) is 0 Å². The van der Waals surface area contributed by atoms with E-state index >= 15 is 0 Å². The van der Waals surface area contributed by atoms with Crippen molar-refractivity contribution in [3.63, 3.8) is 0 Å². The zero-order valence-electron chi connectivity index (χ0n) is 7.46. The Balaban J connectivity index is 2.42. The van der Waals surface area contributed by atoms with E-state index in [1.807, 2.05) is 13.8 Å². The van der Waals surface area contributed by atoms with Gasteiger partial charge in [-0.15, -0.1) is 0 Å². The molecule has 0 aromatic rings. The largest absolute Gasteiger partial charge is 0.480 e. The predicted molar refractivity (Wildman–Crippen MR) is 44.1 cm³/mol. The third kappa shape index (κ3) is 1.95. The normalized spacial score (nSPS) is 35.3. The van der Waals surface area contributed by atoms with Crippen LogP contribution in [0.2, 0.25) is 0 Å². The summed E-state index contributed by atoms with van der Waals surface area (Å²) in [4.78, 5) is 10.3. The Morgan fingerprint density at radius 3 is 2.92 bits per heavy atom. The maximum Gasteiger partial charge on any atom is 0.317 e. The van der Waals surface area contributed by atoms with Gasteiger partial charge in [0.05, 0.1) is 12.6 Å². The molecule has 0 aliphatic carbocycles. The maximum atomic E-state index is 10.3. The highest BCUT2D eigenvalue weighted by molar-refractivity contribution is 5.69. The molecule has 2 unspecified atom stereocenters. The fourth-order valence-electron chi connectivity index (χ4n) is 1.34. The quantitative estimate of drug-likeness (QED) is 0.641. The van der Waals surface area contributed by atoms with E-state index < -0.39 is 5.97 Å². The first-order valence-electron chi connectivity index (χ1n) is 4.13. The SMILES string of the molecule is CC1OCCC1(C)NCC(=O)O. The third-order valence-electron chi connectivity index (χ3n) is 2.53. The van der Waals surface area contributed by atoms with Gasteiger partial charge in [0.1, 0.15) is 0 Å². The number of hydrogen-bond donors (Lipinski definition) is 2. The van der Waals surface area contributed by atoms with Crippen LogP contribution in [0.25, 0.3) is 0 Å². The van der Waals surface area contributed by atoms with E-state index in [0.717, 1.165) is 6.42 Å². The highest BCUT2D eigenvalue weighted by Gasteiger charge is 2.36. The van der Waals surface area contributed by atoms with Gasteiger partial charge >= 0.3 is 5.97 Å². The van der Waals surface area contributed by atoms with Gasteiger partial charge in [0.15, 0.2) is 0 Å². The van der Waals surface area contributed by atoms with Crippen LogP contribution in [0.5, 0.6) is 0 Å². The minimum absolute atomic E-state index is 0.00417. The van der Waals surface area contributed by atoms with Crippen LogP contribution < -0.4 is 5.32 Å². The molecule has 1 heterocycles. The van der Waals surface area contributed by atoms with Gasteiger partial charge < -0.3 is 9.84 Å². The number of carboxylic acids is 1. The van der Waals surface area contributed by atoms with E-state index in [4.69, 9.17) is 9.84 Å². The van der Waals surface area contributed by atoms with Crippen molar-refractivity contribution in [2.75, 3.05) is 13.2 Å². The molecule has 12 heavy (non-hydrogen) atoms. The molecule has 1 aliphatic heterocycles. The molecule has 4 heteroatoms. The highest BCUT2D eigenvalue weighted by Crippen LogP contribution is 2.24. The Bertz CT molecular complexity index is 183. The molecule has 70 valence electrons. The van der Waals surface area contributed by atoms with Gasteiger partial charge in [-0.05, 0) is 20.3 Å². The van der Waals surface area contributed by atoms with E-state index in [1.165, 1.54) is 0 Å². The molecule has 1 fully saturated rings. The molecule has 1 rings (SSSR count). The fourth-order valence-corrected chi connectivity index (χ4v) is 1.34. The van der Waals surface area contributed by atoms with Crippen molar-refractivity contribution in [3.8, 4) is 0 Å². The summed E-state index contributed by atoms with van der Waals surface area (Å²) in [6.45, 7) is 4.67. The van der Waals surface area contributed by atoms with Crippen LogP contribution >= 0.6 is 0 Å². The lowest BCUT2D eigenvalue weighted by Crippen LogP contribution is -2.49. The van der Waals surface area contributed by atoms with Gasteiger partial charge in [0.2, 0.25) is 0 Å². The van der Waals surface area contributed by atoms with E-state index in [0.29, 0.717) is 6.61 Å². The zero-order valence-corrected chi connectivity index (χ0v) is 7.46. The van der Waals surface area contributed by atoms with Crippen molar-refractivity contribution < 1.29 is 14.6 Å². The second-order valence-electron chi connectivity index (χ2n) is 3.43. The van der Waals surface area contributed by atoms with E-state index in [2.05, 4.69) is 5.32 Å². The van der Waals surface area contributed by atoms with Crippen LogP contribution in [0.1, 0.15) is 20.3 Å². The van der Waals surface area contributed by atoms with Crippen molar-refractivity contribution in [1.29, 1.82) is 0 Å². The first-order valence-corrected chi connectivity index (χ1v) is 4.13. The number of ether oxygens (including phenoxy) is 1. The average molecular weight is 173 g/mol. The lowest BCUT2D eigenvalue weighted by molar-refractivity contribution is -0.136. The minimum atomic E-state index is -0.824. The zero-order chi connectivity index (χ0) is 9.19. The molecule has 0 spiro atoms. The summed E-state index contributed by atoms with van der Waals surface area (Å²) in [6, 6.07) is 0. The minimum Gasteiger partial charge on any atom is -0.480 e. The summed E-state index contributed by atoms with van der Waals surface area (Å²) in [5.74, 6) is -0.824. The topological polar surface area (TPSA) is 58.6 Å². The first-order chi connectivity index (χ1) is 5.54. The molecule has 1 aliphatic rings. The number of nitrogens with one attached hydrogen (secondary N) is 1. The molecule has 4 nitrogen and oxygen atoms in total. The van der Waals surface area contributed by atoms with Crippen molar-refractivity contribution in [1.82, 2.24) is 5.32 Å². The van der Waals surface area contributed by atoms with Gasteiger partial charge in [0, 0.05) is 12.1 Å². The summed E-state index contributed by atoms with van der Waals surface area (Å²) in [6.07, 6.45) is 0.971. The van der Waals surface area contributed by atoms with Crippen LogP contribution in [0.3, 0.4) is 0 Å². The smallest absolute Gasteiger partial charge is 0.317 e. The molecule has 2 N–H and O–H groups in total. The fraction of sp³-hybridized carbons (Fsp3) is 0.875. The van der Waals surface area contributed by atoms with E-state index in [9.17, 15) is 4.79 Å². The van der Waals surface area contributed by atoms with Gasteiger partial charge in [-0.25, -0.2) is 0 Å². The summed E-state index contributed by atoms with van der Waals surface area (Å²) >= 11 is 0. The predicted octanol–water partition coefficient (Wildman–Crippen LogP) is 0.228. The summed E-state index contributed by atoms with van der Waals surface area (Å²) in [5.41, 5.74) is -0.168. The van der Waals surface area contributed by atoms with Crippen molar-refractivity contribution >= 4 is 5.97 Å². The van der Waals surface area contributed by atoms with Gasteiger partial charge in [-0.3, -0.25) is 10.1 Å². The standard InChI is InChI=1S/C8H15NO3/c1-6-8(2,3-4-12-6)9-5-7(10)11/h6,9H,3-5H2,1-2H3,(H,10,11). The van der Waals surface area contributed by atoms with Crippen molar-refractivity contribution in [2.45, 2.75) is 31.9 Å². The number of aliphatic carboxylic acids is 1. The second kappa shape index (κ2) is 3.41. The Hall–Kier alpha value is -0.610. The summed E-state index contributed by atoms with van der Waals surface area (Å²) in [7, 11) is 0. The number of rotatable bonds is 3. The lowest BCUT2D eigenvalue weighted by atomic mass is 9.95. The van der Waals surface area contributed by atoms with Crippen LogP contribution in [-0.4, -0.2) is 35.9 Å². The van der Waals surface area contributed by atoms with Crippen LogP contribution in [-0.2, 0) is 9.53 Å². The van der Waals surface area contributed by atoms with Crippen LogP contribution in [0, 0.1) is 0 Å². The maximum absolute atomic E-state index is 10.3. The van der Waals surface area contributed by atoms with Gasteiger partial charge in [0.25, 0.3) is 0 Å². The monoisotopic (exact) mass is 173 g/mol. The molecule has 0 saturated carbocycles. The Morgan fingerprint density at radius 1 is 1.83 bits per heavy atom. The average Bonchev–Trinajstić information content (AvgIpc) is 2.30. The molecule has 1 saturated heterocycles. The molecular formula is C8H15NO3. The molecule has 0 amide bonds. The first kappa shape index (κ1) is 9.48. The molecule has 2 atom stereocenters. The Kier molecular flexibility index (Phi) is 2.69. The Morgan fingerprint density at radius 2 is 2.50 bits per heavy atom. The molecule has 0 aromatic carbocycles. The number of carboxylic acid groups (broad SMARTS) is 1. The van der Waals surface area contributed by atoms with E-state index in [1.54, 1.807) is 0 Å². The summed E-state index contributed by atoms with van der Waals surface area (Å²) in [5, 5.41) is 11.5. The molecule has 0 bridgehead atoms. The third-order valence-corrected chi connectivity index (χ3v) is 2.53. The summed E-state index contributed by atoms with van der Waals surface area (Å²) < 4.78 is 5.35. The second-order valence-corrected chi connectivity index (χ2v) is 3.43. The highest BCUT2D eigenvalue weighted by atomic mass is 16.5. The van der Waals surface area contributed by atoms with Gasteiger partial charge in [-0.1, -0.05) is 0 Å². The molecular weight excluding hydrogens is 158 g/mol. The molecule has 0 radical (unpaired) electrons. The number of hydrogen-bond acceptors (Lipinski definition) is 3. The Labute approximate surface area is 71.9 Å². The molecule has 0 aromatic heterocycles. The number of carbonyl (C=O) groups is 1. The van der Waals surface area contributed by atoms with Gasteiger partial charge in [-0.2, -0.15) is 0 Å². The lowest BCUT2D eigenvalue weighted by Gasteiger charge is -2.28. The van der Waals surface area contributed by atoms with Crippen molar-refractivity contribution in [3.05, 3.63) is 0 Å². The van der Waals surface area contributed by atoms with E-state index in [-0.39, 0.29) is 18.2 Å².